The Kier molecular flexibility index (Phi) is 5.27. The number of benzene rings is 2. The standard InChI is InChI=1S/C14H11ClN4O5/c15-13(16-9-3-1-5-11(7-9)18(21)22)14(20)17-10-4-2-6-12(8-10)19(23)24/h1-8,13,16H,(H,17,20). The number of hydrogen-bond donors (Lipinski definition) is 2. The number of amides is 1. The highest BCUT2D eigenvalue weighted by molar-refractivity contribution is 6.33. The second-order valence-corrected chi connectivity index (χ2v) is 5.05. The van der Waals surface area contributed by atoms with Gasteiger partial charge in [-0.2, -0.15) is 0 Å². The van der Waals surface area contributed by atoms with Gasteiger partial charge in [-0.15, -0.1) is 0 Å². The molecule has 2 rings (SSSR count). The molecule has 0 saturated carbocycles. The molecule has 0 aliphatic heterocycles. The molecule has 0 radical (unpaired) electrons. The number of carbonyl (C=O) groups is 1. The average molecular weight is 351 g/mol. The summed E-state index contributed by atoms with van der Waals surface area (Å²) in [5.41, 5.74) is -1.06. The van der Waals surface area contributed by atoms with E-state index < -0.39 is 21.3 Å². The van der Waals surface area contributed by atoms with Gasteiger partial charge in [-0.1, -0.05) is 23.7 Å². The van der Waals surface area contributed by atoms with Gasteiger partial charge in [-0.3, -0.25) is 25.0 Å². The predicted molar refractivity (Wildman–Crippen MR) is 88.1 cm³/mol. The summed E-state index contributed by atoms with van der Waals surface area (Å²) >= 11 is 5.92. The fraction of sp³-hybridized carbons (Fsp3) is 0.0714. The van der Waals surface area contributed by atoms with Crippen molar-refractivity contribution in [2.45, 2.75) is 5.50 Å². The molecule has 1 atom stereocenters. The molecule has 0 aliphatic carbocycles. The van der Waals surface area contributed by atoms with Crippen LogP contribution in [0.4, 0.5) is 22.7 Å². The van der Waals surface area contributed by atoms with E-state index in [2.05, 4.69) is 10.6 Å². The molecule has 0 saturated heterocycles. The molecule has 0 heterocycles. The molecule has 0 fully saturated rings. The molecule has 124 valence electrons. The first-order valence-corrected chi connectivity index (χ1v) is 7.01. The zero-order chi connectivity index (χ0) is 17.7. The Hall–Kier alpha value is -3.20. The van der Waals surface area contributed by atoms with Crippen LogP contribution in [0.15, 0.2) is 48.5 Å². The van der Waals surface area contributed by atoms with Gasteiger partial charge in [0, 0.05) is 35.6 Å². The molecule has 2 aromatic rings. The molecule has 24 heavy (non-hydrogen) atoms. The van der Waals surface area contributed by atoms with Crippen molar-refractivity contribution < 1.29 is 14.6 Å². The normalized spacial score (nSPS) is 11.4. The first-order valence-electron chi connectivity index (χ1n) is 6.57. The highest BCUT2D eigenvalue weighted by atomic mass is 35.5. The van der Waals surface area contributed by atoms with E-state index in [-0.39, 0.29) is 17.1 Å². The average Bonchev–Trinajstić information content (AvgIpc) is 2.55. The summed E-state index contributed by atoms with van der Waals surface area (Å²) in [5, 5.41) is 26.4. The zero-order valence-corrected chi connectivity index (χ0v) is 12.8. The summed E-state index contributed by atoms with van der Waals surface area (Å²) < 4.78 is 0. The number of carbonyl (C=O) groups excluding carboxylic acids is 1. The van der Waals surface area contributed by atoms with Crippen molar-refractivity contribution in [1.29, 1.82) is 0 Å². The quantitative estimate of drug-likeness (QED) is 0.356. The van der Waals surface area contributed by atoms with E-state index in [1.165, 1.54) is 48.5 Å². The number of nitro groups is 2. The van der Waals surface area contributed by atoms with E-state index in [9.17, 15) is 25.0 Å². The van der Waals surface area contributed by atoms with Crippen LogP contribution >= 0.6 is 11.6 Å². The maximum Gasteiger partial charge on any atom is 0.271 e. The topological polar surface area (TPSA) is 127 Å². The molecule has 0 aliphatic rings. The fourth-order valence-electron chi connectivity index (χ4n) is 1.82. The Morgan fingerprint density at radius 2 is 1.46 bits per heavy atom. The molecule has 0 aromatic heterocycles. The Morgan fingerprint density at radius 3 is 2.00 bits per heavy atom. The Bertz CT molecular complexity index is 798. The molecule has 1 unspecified atom stereocenters. The molecule has 10 heteroatoms. The lowest BCUT2D eigenvalue weighted by molar-refractivity contribution is -0.385. The Labute approximate surface area is 140 Å². The van der Waals surface area contributed by atoms with Crippen LogP contribution in [-0.4, -0.2) is 21.3 Å². The molecule has 0 bridgehead atoms. The third kappa shape index (κ3) is 4.40. The van der Waals surface area contributed by atoms with Crippen LogP contribution in [0, 0.1) is 20.2 Å². The van der Waals surface area contributed by atoms with Gasteiger partial charge in [0.2, 0.25) is 0 Å². The number of nitro benzene ring substituents is 2. The lowest BCUT2D eigenvalue weighted by Crippen LogP contribution is -2.29. The Balaban J connectivity index is 2.04. The third-order valence-corrected chi connectivity index (χ3v) is 3.21. The van der Waals surface area contributed by atoms with Crippen LogP contribution in [0.25, 0.3) is 0 Å². The minimum absolute atomic E-state index is 0.150. The van der Waals surface area contributed by atoms with Gasteiger partial charge < -0.3 is 10.6 Å². The van der Waals surface area contributed by atoms with Crippen LogP contribution in [0.3, 0.4) is 0 Å². The molecule has 1 amide bonds. The predicted octanol–water partition coefficient (Wildman–Crippen LogP) is 3.12. The van der Waals surface area contributed by atoms with Gasteiger partial charge in [0.05, 0.1) is 9.85 Å². The summed E-state index contributed by atoms with van der Waals surface area (Å²) in [5.74, 6) is -0.663. The number of nitrogens with one attached hydrogen (secondary N) is 2. The smallest absolute Gasteiger partial charge is 0.271 e. The van der Waals surface area contributed by atoms with Gasteiger partial charge in [0.15, 0.2) is 5.50 Å². The second-order valence-electron chi connectivity index (χ2n) is 4.61. The summed E-state index contributed by atoms with van der Waals surface area (Å²) in [7, 11) is 0. The Morgan fingerprint density at radius 1 is 0.958 bits per heavy atom. The van der Waals surface area contributed by atoms with E-state index in [4.69, 9.17) is 11.6 Å². The lowest BCUT2D eigenvalue weighted by Gasteiger charge is -2.13. The zero-order valence-electron chi connectivity index (χ0n) is 12.0. The number of nitrogens with zero attached hydrogens (tertiary/aromatic N) is 2. The van der Waals surface area contributed by atoms with Gasteiger partial charge >= 0.3 is 0 Å². The second kappa shape index (κ2) is 7.38. The fourth-order valence-corrected chi connectivity index (χ4v) is 2.00. The van der Waals surface area contributed by atoms with Crippen molar-refractivity contribution in [2.24, 2.45) is 0 Å². The monoisotopic (exact) mass is 350 g/mol. The molecule has 9 nitrogen and oxygen atoms in total. The van der Waals surface area contributed by atoms with E-state index in [0.717, 1.165) is 0 Å². The van der Waals surface area contributed by atoms with Crippen LogP contribution < -0.4 is 10.6 Å². The molecule has 0 spiro atoms. The summed E-state index contributed by atoms with van der Waals surface area (Å²) in [4.78, 5) is 32.3. The molecule has 2 aromatic carbocycles. The number of rotatable bonds is 6. The van der Waals surface area contributed by atoms with E-state index in [0.29, 0.717) is 5.69 Å². The van der Waals surface area contributed by atoms with Crippen LogP contribution in [-0.2, 0) is 4.79 Å². The van der Waals surface area contributed by atoms with Crippen LogP contribution in [0.5, 0.6) is 0 Å². The number of halogens is 1. The van der Waals surface area contributed by atoms with Gasteiger partial charge in [0.25, 0.3) is 17.3 Å². The van der Waals surface area contributed by atoms with Crippen molar-refractivity contribution in [3.05, 3.63) is 68.8 Å². The molecular weight excluding hydrogens is 340 g/mol. The summed E-state index contributed by atoms with van der Waals surface area (Å²) in [6.07, 6.45) is 0. The van der Waals surface area contributed by atoms with Crippen molar-refractivity contribution >= 4 is 40.3 Å². The van der Waals surface area contributed by atoms with E-state index in [1.54, 1.807) is 0 Å². The number of anilines is 2. The number of hydrogen-bond acceptors (Lipinski definition) is 6. The van der Waals surface area contributed by atoms with Crippen molar-refractivity contribution in [1.82, 2.24) is 0 Å². The van der Waals surface area contributed by atoms with Crippen molar-refractivity contribution in [3.8, 4) is 0 Å². The first-order chi connectivity index (χ1) is 11.4. The third-order valence-electron chi connectivity index (χ3n) is 2.91. The molecular formula is C14H11ClN4O5. The SMILES string of the molecule is O=C(Nc1cccc([N+](=O)[O-])c1)C(Cl)Nc1cccc([N+](=O)[O-])c1. The first kappa shape index (κ1) is 17.2. The summed E-state index contributed by atoms with van der Waals surface area (Å²) in [6.45, 7) is 0. The van der Waals surface area contributed by atoms with Gasteiger partial charge in [-0.25, -0.2) is 0 Å². The number of alkyl halides is 1. The van der Waals surface area contributed by atoms with Crippen molar-refractivity contribution in [3.63, 3.8) is 0 Å². The van der Waals surface area contributed by atoms with E-state index in [1.807, 2.05) is 0 Å². The van der Waals surface area contributed by atoms with Crippen molar-refractivity contribution in [2.75, 3.05) is 10.6 Å². The highest BCUT2D eigenvalue weighted by Crippen LogP contribution is 2.20. The maximum atomic E-state index is 12.0. The van der Waals surface area contributed by atoms with Crippen LogP contribution in [0.1, 0.15) is 0 Å². The summed E-state index contributed by atoms with van der Waals surface area (Å²) in [6, 6.07) is 10.9. The lowest BCUT2D eigenvalue weighted by atomic mass is 10.2. The largest absolute Gasteiger partial charge is 0.361 e. The number of non-ortho nitro benzene ring substituents is 2. The maximum absolute atomic E-state index is 12.0. The van der Waals surface area contributed by atoms with E-state index >= 15 is 0 Å². The molecule has 2 N–H and O–H groups in total. The van der Waals surface area contributed by atoms with Gasteiger partial charge in [-0.05, 0) is 12.1 Å². The highest BCUT2D eigenvalue weighted by Gasteiger charge is 2.17. The van der Waals surface area contributed by atoms with Gasteiger partial charge in [0.1, 0.15) is 0 Å². The minimum Gasteiger partial charge on any atom is -0.361 e. The van der Waals surface area contributed by atoms with Crippen LogP contribution in [0.2, 0.25) is 0 Å². The minimum atomic E-state index is -1.23.